The monoisotopic (exact) mass is 236 g/mol. The average molecular weight is 236 g/mol. The highest BCUT2D eigenvalue weighted by Crippen LogP contribution is 2.22. The maximum Gasteiger partial charge on any atom is 0.119 e. The van der Waals surface area contributed by atoms with Gasteiger partial charge in [0.15, 0.2) is 0 Å². The van der Waals surface area contributed by atoms with E-state index >= 15 is 0 Å². The molecular weight excluding hydrogens is 212 g/mol. The van der Waals surface area contributed by atoms with E-state index in [1.807, 2.05) is 12.1 Å². The van der Waals surface area contributed by atoms with Gasteiger partial charge in [-0.25, -0.2) is 0 Å². The van der Waals surface area contributed by atoms with Crippen LogP contribution >= 0.6 is 0 Å². The van der Waals surface area contributed by atoms with E-state index < -0.39 is 0 Å². The molecule has 0 fully saturated rings. The normalized spacial score (nSPS) is 12.8. The molecule has 2 N–H and O–H groups in total. The van der Waals surface area contributed by atoms with Gasteiger partial charge in [0, 0.05) is 12.6 Å². The maximum atomic E-state index is 5.89. The summed E-state index contributed by atoms with van der Waals surface area (Å²) in [5.41, 5.74) is 7.11. The third-order valence-corrected chi connectivity index (χ3v) is 3.10. The van der Waals surface area contributed by atoms with E-state index in [2.05, 4.69) is 31.0 Å². The number of ether oxygens (including phenoxy) is 1. The zero-order valence-corrected chi connectivity index (χ0v) is 11.1. The second-order valence-electron chi connectivity index (χ2n) is 4.36. The van der Waals surface area contributed by atoms with Crippen molar-refractivity contribution in [2.24, 2.45) is 5.73 Å². The molecule has 17 heavy (non-hydrogen) atoms. The van der Waals surface area contributed by atoms with Crippen LogP contribution in [0.1, 0.15) is 31.4 Å². The van der Waals surface area contributed by atoms with Gasteiger partial charge in [-0.3, -0.25) is 4.90 Å². The molecule has 0 aliphatic rings. The summed E-state index contributed by atoms with van der Waals surface area (Å²) in [6.45, 7) is 3.92. The minimum Gasteiger partial charge on any atom is -0.497 e. The molecule has 0 aromatic heterocycles. The summed E-state index contributed by atoms with van der Waals surface area (Å²) in [5, 5.41) is 0. The fraction of sp³-hybridized carbons (Fsp3) is 0.571. The van der Waals surface area contributed by atoms with Crippen molar-refractivity contribution >= 4 is 0 Å². The van der Waals surface area contributed by atoms with E-state index in [1.165, 1.54) is 18.4 Å². The molecule has 0 spiro atoms. The zero-order valence-electron chi connectivity index (χ0n) is 11.1. The molecule has 1 rings (SSSR count). The number of nitrogens with zero attached hydrogens (tertiary/aromatic N) is 1. The van der Waals surface area contributed by atoms with Gasteiger partial charge in [-0.15, -0.1) is 0 Å². The van der Waals surface area contributed by atoms with Crippen molar-refractivity contribution in [2.75, 3.05) is 27.2 Å². The van der Waals surface area contributed by atoms with E-state index in [9.17, 15) is 0 Å². The van der Waals surface area contributed by atoms with Gasteiger partial charge in [-0.2, -0.15) is 0 Å². The lowest BCUT2D eigenvalue weighted by atomic mass is 10.1. The maximum absolute atomic E-state index is 5.89. The molecule has 0 radical (unpaired) electrons. The van der Waals surface area contributed by atoms with Gasteiger partial charge in [0.05, 0.1) is 7.11 Å². The van der Waals surface area contributed by atoms with Crippen molar-refractivity contribution in [1.82, 2.24) is 4.90 Å². The number of hydrogen-bond acceptors (Lipinski definition) is 3. The first kappa shape index (κ1) is 14.0. The third-order valence-electron chi connectivity index (χ3n) is 3.10. The molecule has 1 aromatic carbocycles. The van der Waals surface area contributed by atoms with Crippen molar-refractivity contribution in [1.29, 1.82) is 0 Å². The Hall–Kier alpha value is -1.06. The summed E-state index contributed by atoms with van der Waals surface area (Å²) in [4.78, 5) is 2.32. The van der Waals surface area contributed by atoms with Crippen LogP contribution in [0.25, 0.3) is 0 Å². The quantitative estimate of drug-likeness (QED) is 0.790. The molecule has 3 nitrogen and oxygen atoms in total. The highest BCUT2D eigenvalue weighted by Gasteiger charge is 2.15. The predicted octanol–water partition coefficient (Wildman–Crippen LogP) is 2.43. The molecule has 0 bridgehead atoms. The summed E-state index contributed by atoms with van der Waals surface area (Å²) in [5.74, 6) is 0.893. The summed E-state index contributed by atoms with van der Waals surface area (Å²) in [6.07, 6.45) is 2.41. The number of methoxy groups -OCH3 is 1. The van der Waals surface area contributed by atoms with Gasteiger partial charge in [0.1, 0.15) is 5.75 Å². The second-order valence-corrected chi connectivity index (χ2v) is 4.36. The van der Waals surface area contributed by atoms with Crippen LogP contribution in [0.3, 0.4) is 0 Å². The van der Waals surface area contributed by atoms with Crippen molar-refractivity contribution in [2.45, 2.75) is 25.8 Å². The Morgan fingerprint density at radius 1 is 1.41 bits per heavy atom. The Balaban J connectivity index is 2.77. The van der Waals surface area contributed by atoms with Crippen molar-refractivity contribution in [3.05, 3.63) is 29.8 Å². The van der Waals surface area contributed by atoms with Gasteiger partial charge >= 0.3 is 0 Å². The van der Waals surface area contributed by atoms with Crippen LogP contribution in [0.4, 0.5) is 0 Å². The lowest BCUT2D eigenvalue weighted by molar-refractivity contribution is 0.246. The van der Waals surface area contributed by atoms with Crippen LogP contribution in [0.2, 0.25) is 0 Å². The molecule has 0 saturated heterocycles. The number of benzene rings is 1. The lowest BCUT2D eigenvalue weighted by Crippen LogP contribution is -2.31. The van der Waals surface area contributed by atoms with Crippen molar-refractivity contribution < 1.29 is 4.74 Å². The van der Waals surface area contributed by atoms with E-state index in [1.54, 1.807) is 7.11 Å². The number of likely N-dealkylation sites (N-methyl/N-ethyl adjacent to an activating group) is 1. The van der Waals surface area contributed by atoms with Gasteiger partial charge < -0.3 is 10.5 Å². The molecular formula is C14H24N2O. The minimum absolute atomic E-state index is 0.275. The lowest BCUT2D eigenvalue weighted by Gasteiger charge is -2.27. The average Bonchev–Trinajstić information content (AvgIpc) is 2.37. The Morgan fingerprint density at radius 3 is 2.76 bits per heavy atom. The first-order valence-electron chi connectivity index (χ1n) is 6.27. The molecule has 0 saturated carbocycles. The largest absolute Gasteiger partial charge is 0.497 e. The van der Waals surface area contributed by atoms with Crippen LogP contribution in [0.15, 0.2) is 24.3 Å². The summed E-state index contributed by atoms with van der Waals surface area (Å²) in [6, 6.07) is 8.44. The minimum atomic E-state index is 0.275. The van der Waals surface area contributed by atoms with E-state index in [4.69, 9.17) is 10.5 Å². The van der Waals surface area contributed by atoms with Crippen LogP contribution in [-0.2, 0) is 0 Å². The Bertz CT molecular complexity index is 328. The Morgan fingerprint density at radius 2 is 2.18 bits per heavy atom. The zero-order chi connectivity index (χ0) is 12.7. The van der Waals surface area contributed by atoms with Crippen molar-refractivity contribution in [3.8, 4) is 5.75 Å². The number of nitrogens with two attached hydrogens (primary N) is 1. The van der Waals surface area contributed by atoms with Gasteiger partial charge in [0.2, 0.25) is 0 Å². The van der Waals surface area contributed by atoms with Crippen LogP contribution < -0.4 is 10.5 Å². The molecule has 1 atom stereocenters. The first-order valence-corrected chi connectivity index (χ1v) is 6.27. The van der Waals surface area contributed by atoms with E-state index in [0.717, 1.165) is 12.3 Å². The molecule has 0 aliphatic carbocycles. The highest BCUT2D eigenvalue weighted by molar-refractivity contribution is 5.30. The van der Waals surface area contributed by atoms with Crippen molar-refractivity contribution in [3.63, 3.8) is 0 Å². The molecule has 3 heteroatoms. The highest BCUT2D eigenvalue weighted by atomic mass is 16.5. The smallest absolute Gasteiger partial charge is 0.119 e. The van der Waals surface area contributed by atoms with E-state index in [-0.39, 0.29) is 6.04 Å². The standard InChI is InChI=1S/C14H24N2O/c1-4-5-9-16(2)14(11-15)12-7-6-8-13(10-12)17-3/h6-8,10,14H,4-5,9,11,15H2,1-3H3. The first-order chi connectivity index (χ1) is 8.22. The van der Waals surface area contributed by atoms with Gasteiger partial charge in [0.25, 0.3) is 0 Å². The Labute approximate surface area is 105 Å². The predicted molar refractivity (Wildman–Crippen MR) is 72.3 cm³/mol. The van der Waals surface area contributed by atoms with Gasteiger partial charge in [-0.1, -0.05) is 25.5 Å². The molecule has 0 amide bonds. The second kappa shape index (κ2) is 7.30. The molecule has 0 heterocycles. The SMILES string of the molecule is CCCCN(C)C(CN)c1cccc(OC)c1. The fourth-order valence-corrected chi connectivity index (χ4v) is 1.98. The summed E-state index contributed by atoms with van der Waals surface area (Å²) < 4.78 is 5.25. The molecule has 0 aliphatic heterocycles. The summed E-state index contributed by atoms with van der Waals surface area (Å²) >= 11 is 0. The topological polar surface area (TPSA) is 38.5 Å². The number of hydrogen-bond donors (Lipinski definition) is 1. The fourth-order valence-electron chi connectivity index (χ4n) is 1.98. The van der Waals surface area contributed by atoms with Crippen LogP contribution in [0.5, 0.6) is 5.75 Å². The number of unbranched alkanes of at least 4 members (excludes halogenated alkanes) is 1. The number of rotatable bonds is 7. The Kier molecular flexibility index (Phi) is 6.01. The van der Waals surface area contributed by atoms with Crippen LogP contribution in [-0.4, -0.2) is 32.1 Å². The van der Waals surface area contributed by atoms with Gasteiger partial charge in [-0.05, 0) is 37.7 Å². The van der Waals surface area contributed by atoms with Crippen LogP contribution in [0, 0.1) is 0 Å². The van der Waals surface area contributed by atoms with E-state index in [0.29, 0.717) is 6.54 Å². The molecule has 1 unspecified atom stereocenters. The summed E-state index contributed by atoms with van der Waals surface area (Å²) in [7, 11) is 3.82. The molecule has 1 aromatic rings. The third kappa shape index (κ3) is 4.02. The molecule has 96 valence electrons.